The number of hydrogen-bond acceptors (Lipinski definition) is 19. The van der Waals surface area contributed by atoms with Crippen LogP contribution in [0.3, 0.4) is 0 Å². The molecule has 438 valence electrons. The van der Waals surface area contributed by atoms with Crippen LogP contribution in [0.25, 0.3) is 0 Å². The van der Waals surface area contributed by atoms with Gasteiger partial charge in [-0.05, 0) is 68.7 Å². The van der Waals surface area contributed by atoms with Crippen molar-refractivity contribution in [2.45, 2.75) is 190 Å². The van der Waals surface area contributed by atoms with Gasteiger partial charge in [-0.25, -0.2) is 0 Å². The van der Waals surface area contributed by atoms with Gasteiger partial charge >= 0.3 is 11.9 Å². The van der Waals surface area contributed by atoms with Crippen molar-refractivity contribution in [3.63, 3.8) is 0 Å². The topological polar surface area (TPSA) is 356 Å². The van der Waals surface area contributed by atoms with Crippen LogP contribution in [0, 0.1) is 23.7 Å². The number of aliphatic carboxylic acids is 1. The van der Waals surface area contributed by atoms with Gasteiger partial charge in [-0.15, -0.1) is 0 Å². The number of hydrogen-bond donors (Lipinski definition) is 11. The van der Waals surface area contributed by atoms with Crippen molar-refractivity contribution in [2.24, 2.45) is 29.4 Å². The number of carbonyl (C=O) groups is 5. The molecule has 2 fully saturated rings. The van der Waals surface area contributed by atoms with Gasteiger partial charge in [0.1, 0.15) is 36.1 Å². The number of nitrogen functional groups attached to an aromatic ring is 1. The summed E-state index contributed by atoms with van der Waals surface area (Å²) < 4.78 is 23.7. The largest absolute Gasteiger partial charge is 0.481 e. The standard InChI is InChI=1S/C59H84N2O18/c1-35-18-15-13-11-9-7-5-6-8-10-12-14-16-21-46(77-58-55(72)53(61)54(71)38(4)76-58)31-50-52(57(73)74)49(69)34-59(75,79-50)33-45(66)29-44(65)28-43(64)27-41(62)19-17-20-42(63)30-51(70)78-56(35)37(3)26-36(2)47(67)32-48(68)39-22-24-40(60)25-23-39/h5-16,18,21-25,35-38,43-47,49-50,52-56,58,64-67,69,71-72,75H,17,19-20,26-34,60-61H2,1-4H3,(H,73,74)/b6-5+,9-7+,10-8+,13-11+,14-12+,18-15+,21-16+/t35?,36?,37?,38-,43?,44?,45?,46?,47?,49?,50?,52?,53+,54-,55+,56?,58+,59?/m1/s1. The second-order valence-electron chi connectivity index (χ2n) is 21.4. The summed E-state index contributed by atoms with van der Waals surface area (Å²) in [5.41, 5.74) is 12.7. The maximum atomic E-state index is 13.3. The number of esters is 1. The summed E-state index contributed by atoms with van der Waals surface area (Å²) in [4.78, 5) is 64.6. The number of ether oxygens (including phenoxy) is 4. The second kappa shape index (κ2) is 32.8. The van der Waals surface area contributed by atoms with Gasteiger partial charge in [0.15, 0.2) is 17.9 Å². The molecular weight excluding hydrogens is 1020 g/mol. The van der Waals surface area contributed by atoms with Crippen LogP contribution in [-0.2, 0) is 38.1 Å². The van der Waals surface area contributed by atoms with Gasteiger partial charge in [-0.2, -0.15) is 0 Å². The Balaban J connectivity index is 1.54. The fraction of sp³-hybridized carbons (Fsp3) is 0.576. The summed E-state index contributed by atoms with van der Waals surface area (Å²) in [6, 6.07) is 5.27. The first kappa shape index (κ1) is 66.2. The third kappa shape index (κ3) is 22.6. The summed E-state index contributed by atoms with van der Waals surface area (Å²) in [5, 5.41) is 97.8. The van der Waals surface area contributed by atoms with Gasteiger partial charge in [0.2, 0.25) is 0 Å². The summed E-state index contributed by atoms with van der Waals surface area (Å²) in [5.74, 6) is -8.34. The number of aliphatic hydroxyl groups excluding tert-OH is 7. The van der Waals surface area contributed by atoms with E-state index in [-0.39, 0.29) is 62.1 Å². The third-order valence-corrected chi connectivity index (χ3v) is 14.4. The smallest absolute Gasteiger partial charge is 0.313 e. The number of benzene rings is 1. The first-order chi connectivity index (χ1) is 37.4. The molecule has 0 amide bonds. The number of aliphatic hydroxyl groups is 8. The van der Waals surface area contributed by atoms with Gasteiger partial charge in [-0.1, -0.05) is 106 Å². The van der Waals surface area contributed by atoms with Crippen molar-refractivity contribution in [1.82, 2.24) is 0 Å². The lowest BCUT2D eigenvalue weighted by Gasteiger charge is -2.45. The van der Waals surface area contributed by atoms with Crippen molar-refractivity contribution in [2.75, 3.05) is 5.73 Å². The molecular formula is C59H84N2O18. The van der Waals surface area contributed by atoms with E-state index < -0.39 is 147 Å². The molecule has 4 rings (SSSR count). The maximum Gasteiger partial charge on any atom is 0.313 e. The van der Waals surface area contributed by atoms with E-state index in [2.05, 4.69) is 0 Å². The number of carboxylic acid groups (broad SMARTS) is 1. The van der Waals surface area contributed by atoms with Crippen LogP contribution in [0.2, 0.25) is 0 Å². The Kier molecular flexibility index (Phi) is 27.5. The van der Waals surface area contributed by atoms with E-state index in [0.717, 1.165) is 0 Å². The summed E-state index contributed by atoms with van der Waals surface area (Å²) in [6.07, 6.45) is 5.73. The number of carboxylic acids is 1. The molecule has 2 saturated heterocycles. The lowest BCUT2D eigenvalue weighted by atomic mass is 9.82. The van der Waals surface area contributed by atoms with Crippen LogP contribution >= 0.6 is 0 Å². The molecule has 3 heterocycles. The third-order valence-electron chi connectivity index (χ3n) is 14.4. The monoisotopic (exact) mass is 1110 g/mol. The van der Waals surface area contributed by atoms with Gasteiger partial charge in [-0.3, -0.25) is 24.0 Å². The average Bonchev–Trinajstić information content (AvgIpc) is 3.40. The number of allylic oxidation sites excluding steroid dienone is 12. The number of fused-ring (bicyclic) bond motifs is 2. The minimum Gasteiger partial charge on any atom is -0.481 e. The van der Waals surface area contributed by atoms with E-state index >= 15 is 0 Å². The highest BCUT2D eigenvalue weighted by Crippen LogP contribution is 2.38. The zero-order valence-electron chi connectivity index (χ0n) is 45.5. The molecule has 0 aromatic heterocycles. The zero-order chi connectivity index (χ0) is 58.4. The van der Waals surface area contributed by atoms with E-state index in [9.17, 15) is 69.9 Å². The van der Waals surface area contributed by atoms with Crippen LogP contribution in [0.4, 0.5) is 5.69 Å². The second-order valence-corrected chi connectivity index (χ2v) is 21.4. The van der Waals surface area contributed by atoms with Crippen LogP contribution < -0.4 is 11.5 Å². The molecule has 79 heavy (non-hydrogen) atoms. The quantitative estimate of drug-likeness (QED) is 0.0687. The number of carbonyl (C=O) groups excluding carboxylic acids is 4. The molecule has 3 aliphatic rings. The van der Waals surface area contributed by atoms with Gasteiger partial charge in [0.05, 0.1) is 61.0 Å². The molecule has 13 N–H and O–H groups in total. The van der Waals surface area contributed by atoms with Crippen molar-refractivity contribution >= 4 is 35.0 Å². The van der Waals surface area contributed by atoms with E-state index in [4.69, 9.17) is 30.4 Å². The number of rotatable bonds is 10. The Hall–Kier alpha value is -5.33. The molecule has 0 aliphatic carbocycles. The summed E-state index contributed by atoms with van der Waals surface area (Å²) >= 11 is 0. The van der Waals surface area contributed by atoms with E-state index in [1.54, 1.807) is 97.2 Å². The Morgan fingerprint density at radius 2 is 1.33 bits per heavy atom. The fourth-order valence-electron chi connectivity index (χ4n) is 10.0. The highest BCUT2D eigenvalue weighted by Gasteiger charge is 2.51. The lowest BCUT2D eigenvalue weighted by Crippen LogP contribution is -2.61. The molecule has 0 spiro atoms. The molecule has 1 aromatic rings. The van der Waals surface area contributed by atoms with Crippen molar-refractivity contribution in [3.05, 3.63) is 115 Å². The Labute approximate surface area is 462 Å². The van der Waals surface area contributed by atoms with Gasteiger partial charge in [0.25, 0.3) is 0 Å². The van der Waals surface area contributed by atoms with Crippen LogP contribution in [-0.4, -0.2) is 161 Å². The Morgan fingerprint density at radius 1 is 0.759 bits per heavy atom. The zero-order valence-corrected chi connectivity index (χ0v) is 45.5. The first-order valence-corrected chi connectivity index (χ1v) is 27.1. The van der Waals surface area contributed by atoms with Crippen LogP contribution in [0.5, 0.6) is 0 Å². The van der Waals surface area contributed by atoms with E-state index in [1.165, 1.54) is 13.0 Å². The van der Waals surface area contributed by atoms with Crippen molar-refractivity contribution in [1.29, 1.82) is 0 Å². The summed E-state index contributed by atoms with van der Waals surface area (Å²) in [6.45, 7) is 7.07. The predicted octanol–water partition coefficient (Wildman–Crippen LogP) is 3.77. The number of nitrogens with two attached hydrogens (primary N) is 2. The summed E-state index contributed by atoms with van der Waals surface area (Å²) in [7, 11) is 0. The minimum absolute atomic E-state index is 0.0673. The molecule has 20 nitrogen and oxygen atoms in total. The van der Waals surface area contributed by atoms with Gasteiger partial charge < -0.3 is 76.4 Å². The highest BCUT2D eigenvalue weighted by atomic mass is 16.7. The number of cyclic esters (lactones) is 1. The Bertz CT molecular complexity index is 2330. The molecule has 2 bridgehead atoms. The maximum absolute atomic E-state index is 13.3. The molecule has 1 aromatic carbocycles. The molecule has 0 radical (unpaired) electrons. The minimum atomic E-state index is -2.32. The number of anilines is 1. The lowest BCUT2D eigenvalue weighted by molar-refractivity contribution is -0.308. The molecule has 0 saturated carbocycles. The number of ketones is 3. The van der Waals surface area contributed by atoms with Gasteiger partial charge in [0, 0.05) is 62.1 Å². The fourth-order valence-corrected chi connectivity index (χ4v) is 10.0. The molecule has 20 heteroatoms. The normalized spacial score (nSPS) is 36.9. The molecule has 18 atom stereocenters. The number of Topliss-reactive ketones (excluding diaryl/α,β-unsaturated/α-hetero) is 3. The highest BCUT2D eigenvalue weighted by molar-refractivity contribution is 5.97. The predicted molar refractivity (Wildman–Crippen MR) is 292 cm³/mol. The first-order valence-electron chi connectivity index (χ1n) is 27.1. The van der Waals surface area contributed by atoms with Crippen molar-refractivity contribution < 1.29 is 88.9 Å². The molecule has 3 aliphatic heterocycles. The van der Waals surface area contributed by atoms with Crippen LogP contribution in [0.15, 0.2) is 109 Å². The Morgan fingerprint density at radius 3 is 1.94 bits per heavy atom. The van der Waals surface area contributed by atoms with Crippen molar-refractivity contribution in [3.8, 4) is 0 Å². The average molecular weight is 1110 g/mol. The SMILES string of the molecule is CC1/C=C/C=C/C=C/C=C/C=C/C=C/C=C/C(O[C@@H]2O[C@H](C)[C@@H](O)[C@H](N)[C@@H]2O)CC2OC(O)(CC(O)CC(O)CC(O)CC(=O)CCCC(=O)CC(=O)OC1C(C)CC(C)C(O)CC(=O)c1ccc(N)cc1)CC(O)C2C(=O)O. The van der Waals surface area contributed by atoms with Crippen LogP contribution in [0.1, 0.15) is 115 Å². The van der Waals surface area contributed by atoms with E-state index in [1.807, 2.05) is 26.8 Å². The molecule has 13 unspecified atom stereocenters. The van der Waals surface area contributed by atoms with E-state index in [0.29, 0.717) is 17.7 Å².